The van der Waals surface area contributed by atoms with Gasteiger partial charge in [0.05, 0.1) is 6.33 Å². The third-order valence-corrected chi connectivity index (χ3v) is 3.62. The molecule has 6 heteroatoms. The number of rotatable bonds is 5. The van der Waals surface area contributed by atoms with Gasteiger partial charge < -0.3 is 20.5 Å². The van der Waals surface area contributed by atoms with E-state index in [1.807, 2.05) is 4.57 Å². The molecule has 106 valence electrons. The van der Waals surface area contributed by atoms with E-state index in [1.54, 1.807) is 12.5 Å². The molecule has 0 unspecified atom stereocenters. The number of carbonyl (C=O) groups is 1. The first-order chi connectivity index (χ1) is 9.22. The maximum absolute atomic E-state index is 12.0. The molecule has 1 aromatic heterocycles. The molecule has 0 saturated carbocycles. The molecule has 0 aromatic carbocycles. The Hall–Kier alpha value is -1.40. The van der Waals surface area contributed by atoms with E-state index in [0.29, 0.717) is 18.8 Å². The summed E-state index contributed by atoms with van der Waals surface area (Å²) in [5.74, 6) is -0.0780. The summed E-state index contributed by atoms with van der Waals surface area (Å²) >= 11 is 0. The van der Waals surface area contributed by atoms with Gasteiger partial charge in [0.15, 0.2) is 0 Å². The number of piperidine rings is 1. The van der Waals surface area contributed by atoms with Crippen molar-refractivity contribution in [3.63, 3.8) is 0 Å². The molecule has 1 saturated heterocycles. The van der Waals surface area contributed by atoms with Crippen molar-refractivity contribution in [2.75, 3.05) is 26.2 Å². The van der Waals surface area contributed by atoms with E-state index in [1.165, 1.54) is 0 Å². The maximum Gasteiger partial charge on any atom is 0.271 e. The van der Waals surface area contributed by atoms with E-state index < -0.39 is 0 Å². The first-order valence-electron chi connectivity index (χ1n) is 6.98. The summed E-state index contributed by atoms with van der Waals surface area (Å²) in [5.41, 5.74) is 5.95. The van der Waals surface area contributed by atoms with Crippen molar-refractivity contribution in [1.29, 1.82) is 0 Å². The average Bonchev–Trinajstić information content (AvgIpc) is 2.89. The van der Waals surface area contributed by atoms with Crippen molar-refractivity contribution in [2.24, 2.45) is 5.73 Å². The molecule has 1 fully saturated rings. The Labute approximate surface area is 114 Å². The van der Waals surface area contributed by atoms with Gasteiger partial charge in [-0.05, 0) is 19.4 Å². The highest BCUT2D eigenvalue weighted by Crippen LogP contribution is 2.10. The number of nitrogens with one attached hydrogen (secondary N) is 1. The molecule has 0 aliphatic carbocycles. The van der Waals surface area contributed by atoms with Gasteiger partial charge in [-0.1, -0.05) is 6.92 Å². The fraction of sp³-hybridized carbons (Fsp3) is 0.692. The molecule has 0 atom stereocenters. The third kappa shape index (κ3) is 3.78. The lowest BCUT2D eigenvalue weighted by Gasteiger charge is -2.31. The Morgan fingerprint density at radius 3 is 2.89 bits per heavy atom. The van der Waals surface area contributed by atoms with E-state index in [-0.39, 0.29) is 11.9 Å². The molecule has 19 heavy (non-hydrogen) atoms. The highest BCUT2D eigenvalue weighted by molar-refractivity contribution is 5.92. The van der Waals surface area contributed by atoms with Crippen LogP contribution < -0.4 is 11.1 Å². The monoisotopic (exact) mass is 265 g/mol. The summed E-state index contributed by atoms with van der Waals surface area (Å²) in [4.78, 5) is 18.6. The van der Waals surface area contributed by atoms with E-state index >= 15 is 0 Å². The van der Waals surface area contributed by atoms with Gasteiger partial charge in [0, 0.05) is 38.4 Å². The van der Waals surface area contributed by atoms with E-state index in [2.05, 4.69) is 22.1 Å². The Balaban J connectivity index is 1.83. The lowest BCUT2D eigenvalue weighted by molar-refractivity contribution is 0.0908. The summed E-state index contributed by atoms with van der Waals surface area (Å²) in [6.07, 6.45) is 5.44. The second kappa shape index (κ2) is 6.68. The minimum absolute atomic E-state index is 0.0780. The van der Waals surface area contributed by atoms with Gasteiger partial charge in [-0.3, -0.25) is 4.79 Å². The highest BCUT2D eigenvalue weighted by atomic mass is 16.2. The van der Waals surface area contributed by atoms with Crippen LogP contribution in [-0.2, 0) is 6.54 Å². The minimum atomic E-state index is -0.0780. The van der Waals surface area contributed by atoms with Crippen LogP contribution >= 0.6 is 0 Å². The summed E-state index contributed by atoms with van der Waals surface area (Å²) < 4.78 is 1.84. The number of aromatic nitrogens is 2. The molecule has 0 radical (unpaired) electrons. The summed E-state index contributed by atoms with van der Waals surface area (Å²) in [6.45, 7) is 6.61. The molecular weight excluding hydrogens is 242 g/mol. The van der Waals surface area contributed by atoms with Gasteiger partial charge >= 0.3 is 0 Å². The Morgan fingerprint density at radius 1 is 1.53 bits per heavy atom. The number of hydrogen-bond acceptors (Lipinski definition) is 4. The van der Waals surface area contributed by atoms with Gasteiger partial charge in [0.25, 0.3) is 5.91 Å². The van der Waals surface area contributed by atoms with Crippen molar-refractivity contribution < 1.29 is 4.79 Å². The van der Waals surface area contributed by atoms with Crippen LogP contribution in [-0.4, -0.2) is 52.6 Å². The lowest BCUT2D eigenvalue weighted by atomic mass is 10.1. The molecule has 6 nitrogen and oxygen atoms in total. The summed E-state index contributed by atoms with van der Waals surface area (Å²) in [7, 11) is 0. The number of nitrogens with two attached hydrogens (primary N) is 1. The van der Waals surface area contributed by atoms with E-state index in [9.17, 15) is 4.79 Å². The Morgan fingerprint density at radius 2 is 2.26 bits per heavy atom. The molecule has 1 aliphatic heterocycles. The van der Waals surface area contributed by atoms with Crippen molar-refractivity contribution in [3.05, 3.63) is 18.2 Å². The summed E-state index contributed by atoms with van der Waals surface area (Å²) in [6, 6.07) is 0.273. The molecule has 0 bridgehead atoms. The first-order valence-corrected chi connectivity index (χ1v) is 6.98. The maximum atomic E-state index is 12.0. The van der Waals surface area contributed by atoms with Crippen LogP contribution in [0.15, 0.2) is 12.5 Å². The zero-order valence-corrected chi connectivity index (χ0v) is 11.5. The Bertz CT molecular complexity index is 409. The second-order valence-electron chi connectivity index (χ2n) is 4.97. The van der Waals surface area contributed by atoms with Gasteiger partial charge in [-0.15, -0.1) is 0 Å². The number of imidazole rings is 1. The fourth-order valence-corrected chi connectivity index (χ4v) is 2.40. The van der Waals surface area contributed by atoms with Crippen LogP contribution in [0.1, 0.15) is 30.3 Å². The minimum Gasteiger partial charge on any atom is -0.348 e. The van der Waals surface area contributed by atoms with E-state index in [4.69, 9.17) is 5.73 Å². The molecular formula is C13H23N5O. The van der Waals surface area contributed by atoms with Crippen molar-refractivity contribution >= 4 is 5.91 Å². The number of likely N-dealkylation sites (tertiary alicyclic amines) is 1. The molecule has 2 rings (SSSR count). The summed E-state index contributed by atoms with van der Waals surface area (Å²) in [5, 5.41) is 3.06. The van der Waals surface area contributed by atoms with Crippen LogP contribution in [0.25, 0.3) is 0 Å². The molecule has 3 N–H and O–H groups in total. The first kappa shape index (κ1) is 14.0. The third-order valence-electron chi connectivity index (χ3n) is 3.62. The molecule has 0 spiro atoms. The smallest absolute Gasteiger partial charge is 0.271 e. The van der Waals surface area contributed by atoms with Crippen LogP contribution in [0.3, 0.4) is 0 Å². The van der Waals surface area contributed by atoms with Gasteiger partial charge in [-0.2, -0.15) is 0 Å². The van der Waals surface area contributed by atoms with E-state index in [0.717, 1.165) is 32.5 Å². The average molecular weight is 265 g/mol. The Kier molecular flexibility index (Phi) is 4.93. The largest absolute Gasteiger partial charge is 0.348 e. The zero-order valence-electron chi connectivity index (χ0n) is 11.5. The zero-order chi connectivity index (χ0) is 13.7. The number of carbonyl (C=O) groups excluding carboxylic acids is 1. The SMILES string of the molecule is CCN1CCC(NC(=O)c2cn(CCN)cn2)CC1. The number of hydrogen-bond donors (Lipinski definition) is 2. The molecule has 1 aliphatic rings. The number of amides is 1. The fourth-order valence-electron chi connectivity index (χ4n) is 2.40. The van der Waals surface area contributed by atoms with Crippen molar-refractivity contribution in [1.82, 2.24) is 19.8 Å². The van der Waals surface area contributed by atoms with Crippen LogP contribution in [0, 0.1) is 0 Å². The topological polar surface area (TPSA) is 76.2 Å². The second-order valence-corrected chi connectivity index (χ2v) is 4.97. The van der Waals surface area contributed by atoms with Gasteiger partial charge in [0.2, 0.25) is 0 Å². The highest BCUT2D eigenvalue weighted by Gasteiger charge is 2.20. The van der Waals surface area contributed by atoms with Crippen LogP contribution in [0.5, 0.6) is 0 Å². The molecule has 2 heterocycles. The molecule has 1 aromatic rings. The standard InChI is InChI=1S/C13H23N5O/c1-2-17-6-3-11(4-7-17)16-13(19)12-9-18(8-5-14)10-15-12/h9-11H,2-8,14H2,1H3,(H,16,19). The van der Waals surface area contributed by atoms with Gasteiger partial charge in [-0.25, -0.2) is 4.98 Å². The van der Waals surface area contributed by atoms with Crippen LogP contribution in [0.4, 0.5) is 0 Å². The normalized spacial score (nSPS) is 17.6. The quantitative estimate of drug-likeness (QED) is 0.789. The molecule has 1 amide bonds. The van der Waals surface area contributed by atoms with Crippen molar-refractivity contribution in [2.45, 2.75) is 32.4 Å². The number of nitrogens with zero attached hydrogens (tertiary/aromatic N) is 3. The van der Waals surface area contributed by atoms with Gasteiger partial charge in [0.1, 0.15) is 5.69 Å². The van der Waals surface area contributed by atoms with Crippen LogP contribution in [0.2, 0.25) is 0 Å². The predicted octanol–water partition coefficient (Wildman–Crippen LogP) is 0.0559. The predicted molar refractivity (Wildman–Crippen MR) is 73.9 cm³/mol. The van der Waals surface area contributed by atoms with Crippen molar-refractivity contribution in [3.8, 4) is 0 Å². The lowest BCUT2D eigenvalue weighted by Crippen LogP contribution is -2.44.